The van der Waals surface area contributed by atoms with Gasteiger partial charge in [0.2, 0.25) is 0 Å². The van der Waals surface area contributed by atoms with Crippen molar-refractivity contribution in [3.63, 3.8) is 0 Å². The molecule has 0 aromatic carbocycles. The maximum Gasteiger partial charge on any atom is 0.500 e. The van der Waals surface area contributed by atoms with Gasteiger partial charge >= 0.3 is 14.8 Å². The summed E-state index contributed by atoms with van der Waals surface area (Å²) in [4.78, 5) is 28.8. The summed E-state index contributed by atoms with van der Waals surface area (Å²) in [5.41, 5.74) is 1.48. The van der Waals surface area contributed by atoms with E-state index in [1.54, 1.807) is 0 Å². The monoisotopic (exact) mass is 721 g/mol. The molecule has 0 amide bonds. The zero-order valence-corrected chi connectivity index (χ0v) is 37.3. The molecule has 0 aromatic heterocycles. The fourth-order valence-corrected chi connectivity index (χ4v) is 23.0. The lowest BCUT2D eigenvalue weighted by atomic mass is 10.2. The summed E-state index contributed by atoms with van der Waals surface area (Å²) in [6.07, 6.45) is 0.715. The Hall–Kier alpha value is -0.352. The fraction of sp³-hybridized carbons (Fsp3) is 0.941. The summed E-state index contributed by atoms with van der Waals surface area (Å²) in [6.45, 7) is 41.0. The smallest absolute Gasteiger partial charge is 0.500 e. The van der Waals surface area contributed by atoms with Crippen molar-refractivity contribution in [3.8, 4) is 0 Å². The Balaban J connectivity index is 6.92. The highest BCUT2D eigenvalue weighted by atomic mass is 28.4. The predicted molar refractivity (Wildman–Crippen MR) is 203 cm³/mol. The molecule has 1 atom stereocenters. The maximum atomic E-state index is 14.7. The van der Waals surface area contributed by atoms with Gasteiger partial charge in [0, 0.05) is 25.9 Å². The first kappa shape index (κ1) is 45.6. The van der Waals surface area contributed by atoms with E-state index in [2.05, 4.69) is 107 Å². The first-order valence-electron chi connectivity index (χ1n) is 18.2. The van der Waals surface area contributed by atoms with Crippen molar-refractivity contribution in [1.29, 1.82) is 0 Å². The summed E-state index contributed by atoms with van der Waals surface area (Å²) < 4.78 is 34.2. The Morgan fingerprint density at radius 2 is 0.935 bits per heavy atom. The van der Waals surface area contributed by atoms with E-state index >= 15 is 0 Å². The first-order valence-corrected chi connectivity index (χ1v) is 27.8. The van der Waals surface area contributed by atoms with E-state index in [4.69, 9.17) is 22.1 Å². The Kier molecular flexibility index (Phi) is 19.6. The van der Waals surface area contributed by atoms with Gasteiger partial charge in [-0.15, -0.1) is 0 Å². The van der Waals surface area contributed by atoms with Crippen LogP contribution in [0.5, 0.6) is 0 Å². The maximum absolute atomic E-state index is 14.7. The Morgan fingerprint density at radius 1 is 0.587 bits per heavy atom. The second-order valence-corrected chi connectivity index (χ2v) is 34.1. The van der Waals surface area contributed by atoms with Crippen molar-refractivity contribution in [3.05, 3.63) is 0 Å². The van der Waals surface area contributed by atoms with E-state index in [0.29, 0.717) is 32.4 Å². The Morgan fingerprint density at radius 3 is 1.24 bits per heavy atom. The highest BCUT2D eigenvalue weighted by Gasteiger charge is 2.52. The topological polar surface area (TPSA) is 83.5 Å². The van der Waals surface area contributed by atoms with Crippen molar-refractivity contribution in [2.24, 2.45) is 0 Å². The largest absolute Gasteiger partial charge is 0.518 e. The van der Waals surface area contributed by atoms with Crippen LogP contribution in [0.25, 0.3) is 0 Å². The predicted octanol–water partition coefficient (Wildman–Crippen LogP) is 9.76. The number of carbonyl (C=O) groups excluding carboxylic acids is 2. The molecular weight excluding hydrogens is 647 g/mol. The van der Waals surface area contributed by atoms with Gasteiger partial charge in [-0.1, -0.05) is 103 Å². The third kappa shape index (κ3) is 11.6. The SMILES string of the molecule is CCO[Si](CCCN(C(CC(=O)O[Si](C(C)C)(C(C)C)C(C)C)C(=O)O[Si](C(C)C)(C(C)C)C(C)C)[Si](C)(C)C)(OCC)OCC. The zero-order valence-electron chi connectivity index (χ0n) is 33.3. The van der Waals surface area contributed by atoms with Crippen LogP contribution in [0.3, 0.4) is 0 Å². The van der Waals surface area contributed by atoms with Crippen LogP contribution in [-0.2, 0) is 31.7 Å². The molecule has 0 aliphatic rings. The van der Waals surface area contributed by atoms with E-state index in [0.717, 1.165) is 6.42 Å². The lowest BCUT2D eigenvalue weighted by Gasteiger charge is -2.45. The minimum atomic E-state index is -2.87. The first-order chi connectivity index (χ1) is 21.1. The molecule has 0 saturated heterocycles. The van der Waals surface area contributed by atoms with E-state index in [1.165, 1.54) is 0 Å². The van der Waals surface area contributed by atoms with Gasteiger partial charge in [0.25, 0.3) is 22.6 Å². The molecule has 46 heavy (non-hydrogen) atoms. The molecule has 12 heteroatoms. The Labute approximate surface area is 289 Å². The average molecular weight is 722 g/mol. The van der Waals surface area contributed by atoms with Crippen LogP contribution in [0.2, 0.25) is 58.9 Å². The minimum absolute atomic E-state index is 0.00622. The Bertz CT molecular complexity index is 846. The van der Waals surface area contributed by atoms with Gasteiger partial charge in [-0.25, -0.2) is 0 Å². The highest BCUT2D eigenvalue weighted by Crippen LogP contribution is 2.44. The molecule has 0 aromatic rings. The summed E-state index contributed by atoms with van der Waals surface area (Å²) in [7, 11) is -10.1. The number of hydrogen-bond acceptors (Lipinski definition) is 8. The van der Waals surface area contributed by atoms with Gasteiger partial charge in [-0.3, -0.25) is 9.59 Å². The van der Waals surface area contributed by atoms with Gasteiger partial charge in [-0.05, 0) is 67.0 Å². The van der Waals surface area contributed by atoms with Crippen LogP contribution in [0.1, 0.15) is 117 Å². The van der Waals surface area contributed by atoms with Crippen LogP contribution in [0.15, 0.2) is 0 Å². The molecule has 274 valence electrons. The molecule has 0 saturated carbocycles. The van der Waals surface area contributed by atoms with Gasteiger partial charge < -0.3 is 26.7 Å². The second kappa shape index (κ2) is 19.7. The van der Waals surface area contributed by atoms with E-state index in [9.17, 15) is 9.59 Å². The van der Waals surface area contributed by atoms with E-state index in [1.807, 2.05) is 20.8 Å². The fourth-order valence-electron chi connectivity index (χ4n) is 8.09. The van der Waals surface area contributed by atoms with Crippen LogP contribution in [0, 0.1) is 0 Å². The molecule has 0 aliphatic heterocycles. The average Bonchev–Trinajstić information content (AvgIpc) is 2.90. The molecular formula is C34H75NO7Si4. The van der Waals surface area contributed by atoms with Crippen LogP contribution < -0.4 is 0 Å². The second-order valence-electron chi connectivity index (χ2n) is 15.7. The molecule has 0 heterocycles. The van der Waals surface area contributed by atoms with Crippen molar-refractivity contribution >= 4 is 45.6 Å². The third-order valence-corrected chi connectivity index (χ3v) is 27.2. The summed E-state index contributed by atoms with van der Waals surface area (Å²) in [5.74, 6) is -0.545. The van der Waals surface area contributed by atoms with Crippen LogP contribution in [0.4, 0.5) is 0 Å². The number of rotatable bonds is 23. The molecule has 0 spiro atoms. The molecule has 8 nitrogen and oxygen atoms in total. The van der Waals surface area contributed by atoms with Gasteiger partial charge in [0.05, 0.1) is 6.42 Å². The quantitative estimate of drug-likeness (QED) is 0.0965. The molecule has 0 N–H and O–H groups in total. The van der Waals surface area contributed by atoms with Crippen LogP contribution >= 0.6 is 0 Å². The van der Waals surface area contributed by atoms with E-state index in [-0.39, 0.29) is 51.6 Å². The van der Waals surface area contributed by atoms with Crippen molar-refractivity contribution < 1.29 is 31.7 Å². The summed E-state index contributed by atoms with van der Waals surface area (Å²) >= 11 is 0. The lowest BCUT2D eigenvalue weighted by molar-refractivity contribution is -0.146. The van der Waals surface area contributed by atoms with Crippen molar-refractivity contribution in [1.82, 2.24) is 4.57 Å². The standard InChI is InChI=1S/C34H75NO7Si4/c1-19-38-44(39-20-2,40-21-3)24-22-23-35(43(16,17)18)32(34(37)42-46(29(10)11,30(12)13)31(14)15)25-33(36)41-45(26(4)5,27(6)7)28(8)9/h26-32H,19-25H2,1-18H3. The lowest BCUT2D eigenvalue weighted by Crippen LogP contribution is -2.60. The molecule has 0 fully saturated rings. The third-order valence-electron chi connectivity index (χ3n) is 9.83. The van der Waals surface area contributed by atoms with Gasteiger partial charge in [-0.2, -0.15) is 0 Å². The molecule has 1 unspecified atom stereocenters. The molecule has 0 radical (unpaired) electrons. The normalized spacial score (nSPS) is 14.5. The molecule has 0 bridgehead atoms. The van der Waals surface area contributed by atoms with Crippen LogP contribution in [-0.4, -0.2) is 82.6 Å². The van der Waals surface area contributed by atoms with Gasteiger partial charge in [0.15, 0.2) is 0 Å². The highest BCUT2D eigenvalue weighted by molar-refractivity contribution is 6.79. The molecule has 0 rings (SSSR count). The number of hydrogen-bond donors (Lipinski definition) is 0. The van der Waals surface area contributed by atoms with Gasteiger partial charge in [0.1, 0.15) is 14.3 Å². The summed E-state index contributed by atoms with van der Waals surface area (Å²) in [5, 5.41) is 0. The number of nitrogens with zero attached hydrogens (tertiary/aromatic N) is 1. The van der Waals surface area contributed by atoms with Crippen molar-refractivity contribution in [2.45, 2.75) is 182 Å². The minimum Gasteiger partial charge on any atom is -0.518 e. The summed E-state index contributed by atoms with van der Waals surface area (Å²) in [6, 6.07) is -0.0783. The zero-order chi connectivity index (χ0) is 36.3. The van der Waals surface area contributed by atoms with E-state index < -0.39 is 39.7 Å². The van der Waals surface area contributed by atoms with Crippen molar-refractivity contribution in [2.75, 3.05) is 26.4 Å². The molecule has 0 aliphatic carbocycles. The number of carbonyl (C=O) groups is 2.